The summed E-state index contributed by atoms with van der Waals surface area (Å²) in [4.78, 5) is 0. The molecule has 0 saturated carbocycles. The molecule has 0 bridgehead atoms. The minimum atomic E-state index is 0.0841. The van der Waals surface area contributed by atoms with Crippen LogP contribution in [0.3, 0.4) is 0 Å². The van der Waals surface area contributed by atoms with Crippen LogP contribution in [0.1, 0.15) is 58.8 Å². The van der Waals surface area contributed by atoms with Gasteiger partial charge in [0.25, 0.3) is 0 Å². The molecule has 0 aromatic rings. The van der Waals surface area contributed by atoms with E-state index in [0.29, 0.717) is 6.04 Å². The SMILES string of the molecule is CCCCCC(NC)C1(C)CCCCO1. The maximum atomic E-state index is 5.99. The Balaban J connectivity index is 2.40. The van der Waals surface area contributed by atoms with E-state index >= 15 is 0 Å². The highest BCUT2D eigenvalue weighted by molar-refractivity contribution is 4.90. The third-order valence-corrected chi connectivity index (χ3v) is 3.68. The molecule has 1 fully saturated rings. The molecule has 0 aromatic carbocycles. The third kappa shape index (κ3) is 3.76. The molecule has 15 heavy (non-hydrogen) atoms. The standard InChI is InChI=1S/C13H27NO/c1-4-5-6-9-12(14-3)13(2)10-7-8-11-15-13/h12,14H,4-11H2,1-3H3. The highest BCUT2D eigenvalue weighted by Crippen LogP contribution is 2.30. The lowest BCUT2D eigenvalue weighted by atomic mass is 9.85. The first-order chi connectivity index (χ1) is 7.23. The number of likely N-dealkylation sites (N-methyl/N-ethyl adjacent to an activating group) is 1. The lowest BCUT2D eigenvalue weighted by molar-refractivity contribution is -0.0890. The summed E-state index contributed by atoms with van der Waals surface area (Å²) in [5.41, 5.74) is 0.0841. The topological polar surface area (TPSA) is 21.3 Å². The average molecular weight is 213 g/mol. The fraction of sp³-hybridized carbons (Fsp3) is 1.00. The molecule has 1 aliphatic heterocycles. The fourth-order valence-electron chi connectivity index (χ4n) is 2.58. The third-order valence-electron chi connectivity index (χ3n) is 3.68. The van der Waals surface area contributed by atoms with Crippen LogP contribution in [0.2, 0.25) is 0 Å². The zero-order chi connectivity index (χ0) is 11.1. The van der Waals surface area contributed by atoms with E-state index in [4.69, 9.17) is 4.74 Å². The van der Waals surface area contributed by atoms with Crippen molar-refractivity contribution in [1.82, 2.24) is 5.32 Å². The van der Waals surface area contributed by atoms with Gasteiger partial charge in [-0.15, -0.1) is 0 Å². The van der Waals surface area contributed by atoms with Crippen LogP contribution in [0.4, 0.5) is 0 Å². The molecule has 0 radical (unpaired) electrons. The van der Waals surface area contributed by atoms with Crippen molar-refractivity contribution < 1.29 is 4.74 Å². The summed E-state index contributed by atoms with van der Waals surface area (Å²) < 4.78 is 5.99. The zero-order valence-corrected chi connectivity index (χ0v) is 10.6. The van der Waals surface area contributed by atoms with Gasteiger partial charge in [0.1, 0.15) is 0 Å². The Morgan fingerprint density at radius 2 is 2.13 bits per heavy atom. The van der Waals surface area contributed by atoms with E-state index in [-0.39, 0.29) is 5.60 Å². The summed E-state index contributed by atoms with van der Waals surface area (Å²) in [5.74, 6) is 0. The Labute approximate surface area is 94.8 Å². The first-order valence-electron chi connectivity index (χ1n) is 6.54. The molecule has 2 nitrogen and oxygen atoms in total. The Morgan fingerprint density at radius 3 is 2.67 bits per heavy atom. The fourth-order valence-corrected chi connectivity index (χ4v) is 2.58. The molecule has 0 amide bonds. The molecule has 0 spiro atoms. The quantitative estimate of drug-likeness (QED) is 0.685. The summed E-state index contributed by atoms with van der Waals surface area (Å²) in [6.45, 7) is 5.48. The van der Waals surface area contributed by atoms with Crippen LogP contribution in [0.5, 0.6) is 0 Å². The van der Waals surface area contributed by atoms with Gasteiger partial charge in [0.15, 0.2) is 0 Å². The van der Waals surface area contributed by atoms with Crippen LogP contribution in [0, 0.1) is 0 Å². The van der Waals surface area contributed by atoms with Gasteiger partial charge in [-0.25, -0.2) is 0 Å². The number of nitrogens with one attached hydrogen (secondary N) is 1. The highest BCUT2D eigenvalue weighted by Gasteiger charge is 2.35. The molecule has 1 N–H and O–H groups in total. The summed E-state index contributed by atoms with van der Waals surface area (Å²) in [6.07, 6.45) is 8.98. The van der Waals surface area contributed by atoms with E-state index in [1.54, 1.807) is 0 Å². The van der Waals surface area contributed by atoms with Gasteiger partial charge in [0, 0.05) is 12.6 Å². The van der Waals surface area contributed by atoms with E-state index in [0.717, 1.165) is 6.61 Å². The highest BCUT2D eigenvalue weighted by atomic mass is 16.5. The van der Waals surface area contributed by atoms with E-state index in [1.807, 2.05) is 0 Å². The minimum Gasteiger partial charge on any atom is -0.374 e. The predicted octanol–water partition coefficient (Wildman–Crippen LogP) is 3.11. The molecule has 1 aliphatic rings. The van der Waals surface area contributed by atoms with E-state index in [1.165, 1.54) is 44.9 Å². The molecule has 1 saturated heterocycles. The van der Waals surface area contributed by atoms with Gasteiger partial charge in [0.05, 0.1) is 5.60 Å². The molecule has 1 heterocycles. The monoisotopic (exact) mass is 213 g/mol. The lowest BCUT2D eigenvalue weighted by Gasteiger charge is -2.40. The Kier molecular flexibility index (Phi) is 5.62. The zero-order valence-electron chi connectivity index (χ0n) is 10.6. The first-order valence-corrected chi connectivity index (χ1v) is 6.54. The smallest absolute Gasteiger partial charge is 0.0806 e. The second-order valence-electron chi connectivity index (χ2n) is 4.96. The Hall–Kier alpha value is -0.0800. The number of ether oxygens (including phenoxy) is 1. The first kappa shape index (κ1) is 13.0. The van der Waals surface area contributed by atoms with Crippen molar-refractivity contribution in [3.63, 3.8) is 0 Å². The van der Waals surface area contributed by atoms with Crippen molar-refractivity contribution in [2.75, 3.05) is 13.7 Å². The van der Waals surface area contributed by atoms with Crippen LogP contribution in [0.15, 0.2) is 0 Å². The molecule has 1 rings (SSSR count). The van der Waals surface area contributed by atoms with Crippen molar-refractivity contribution in [2.45, 2.75) is 70.4 Å². The van der Waals surface area contributed by atoms with Crippen LogP contribution in [0.25, 0.3) is 0 Å². The van der Waals surface area contributed by atoms with E-state index < -0.39 is 0 Å². The van der Waals surface area contributed by atoms with Crippen LogP contribution in [-0.4, -0.2) is 25.3 Å². The molecule has 90 valence electrons. The van der Waals surface area contributed by atoms with Crippen LogP contribution < -0.4 is 5.32 Å². The summed E-state index contributed by atoms with van der Waals surface area (Å²) in [7, 11) is 2.07. The average Bonchev–Trinajstić information content (AvgIpc) is 2.25. The van der Waals surface area contributed by atoms with Crippen molar-refractivity contribution in [3.05, 3.63) is 0 Å². The molecule has 2 atom stereocenters. The predicted molar refractivity (Wildman–Crippen MR) is 65.2 cm³/mol. The maximum absolute atomic E-state index is 5.99. The molecule has 2 heteroatoms. The van der Waals surface area contributed by atoms with E-state index in [2.05, 4.69) is 26.2 Å². The normalized spacial score (nSPS) is 29.0. The van der Waals surface area contributed by atoms with Gasteiger partial charge in [-0.1, -0.05) is 26.2 Å². The van der Waals surface area contributed by atoms with Gasteiger partial charge in [-0.05, 0) is 39.7 Å². The van der Waals surface area contributed by atoms with Gasteiger partial charge in [-0.2, -0.15) is 0 Å². The lowest BCUT2D eigenvalue weighted by Crippen LogP contribution is -2.51. The van der Waals surface area contributed by atoms with Crippen LogP contribution >= 0.6 is 0 Å². The van der Waals surface area contributed by atoms with Crippen molar-refractivity contribution in [2.24, 2.45) is 0 Å². The molecule has 2 unspecified atom stereocenters. The summed E-state index contributed by atoms with van der Waals surface area (Å²) >= 11 is 0. The molecule has 0 aliphatic carbocycles. The second-order valence-corrected chi connectivity index (χ2v) is 4.96. The Morgan fingerprint density at radius 1 is 1.33 bits per heavy atom. The van der Waals surface area contributed by atoms with Crippen molar-refractivity contribution in [3.8, 4) is 0 Å². The Bertz CT molecular complexity index is 164. The summed E-state index contributed by atoms with van der Waals surface area (Å²) in [6, 6.07) is 0.532. The van der Waals surface area contributed by atoms with Crippen molar-refractivity contribution in [1.29, 1.82) is 0 Å². The van der Waals surface area contributed by atoms with Gasteiger partial charge >= 0.3 is 0 Å². The minimum absolute atomic E-state index is 0.0841. The largest absolute Gasteiger partial charge is 0.374 e. The van der Waals surface area contributed by atoms with Crippen molar-refractivity contribution >= 4 is 0 Å². The molecular formula is C13H27NO. The number of unbranched alkanes of at least 4 members (excludes halogenated alkanes) is 2. The second kappa shape index (κ2) is 6.49. The summed E-state index contributed by atoms with van der Waals surface area (Å²) in [5, 5.41) is 3.45. The maximum Gasteiger partial charge on any atom is 0.0806 e. The number of hydrogen-bond donors (Lipinski definition) is 1. The van der Waals surface area contributed by atoms with Gasteiger partial charge in [0.2, 0.25) is 0 Å². The molecule has 0 aromatic heterocycles. The van der Waals surface area contributed by atoms with Gasteiger partial charge in [-0.3, -0.25) is 0 Å². The van der Waals surface area contributed by atoms with Gasteiger partial charge < -0.3 is 10.1 Å². The number of rotatable bonds is 6. The number of hydrogen-bond acceptors (Lipinski definition) is 2. The van der Waals surface area contributed by atoms with E-state index in [9.17, 15) is 0 Å². The van der Waals surface area contributed by atoms with Crippen LogP contribution in [-0.2, 0) is 4.74 Å². The molecular weight excluding hydrogens is 186 g/mol.